The fraction of sp³-hybridized carbons (Fsp3) is 0.211. The number of hydrogen-bond donors (Lipinski definition) is 1. The second-order valence-electron chi connectivity index (χ2n) is 5.95. The summed E-state index contributed by atoms with van der Waals surface area (Å²) in [7, 11) is 0. The lowest BCUT2D eigenvalue weighted by Gasteiger charge is -2.14. The lowest BCUT2D eigenvalue weighted by atomic mass is 10.0. The van der Waals surface area contributed by atoms with Crippen LogP contribution in [0, 0.1) is 0 Å². The zero-order valence-corrected chi connectivity index (χ0v) is 15.0. The van der Waals surface area contributed by atoms with E-state index in [9.17, 15) is 0 Å². The Morgan fingerprint density at radius 3 is 2.62 bits per heavy atom. The summed E-state index contributed by atoms with van der Waals surface area (Å²) in [5, 5.41) is 14.7. The highest BCUT2D eigenvalue weighted by Crippen LogP contribution is 2.24. The number of nitrogens with zero attached hydrogens (tertiary/aromatic N) is 4. The van der Waals surface area contributed by atoms with Crippen molar-refractivity contribution in [3.8, 4) is 11.5 Å². The third-order valence-electron chi connectivity index (χ3n) is 4.17. The highest BCUT2D eigenvalue weighted by atomic mass is 35.5. The Labute approximate surface area is 156 Å². The Bertz CT molecular complexity index is 907. The van der Waals surface area contributed by atoms with Crippen LogP contribution in [-0.2, 0) is 0 Å². The summed E-state index contributed by atoms with van der Waals surface area (Å²) in [6, 6.07) is 17.5. The number of hydrazone groups is 1. The van der Waals surface area contributed by atoms with E-state index in [-0.39, 0.29) is 6.04 Å². The highest BCUT2D eigenvalue weighted by Gasteiger charge is 2.30. The SMILES string of the molecule is CCNC1CN(c2noc(-c3ccccc3)n2)N=C1c1ccc(Cl)cc1. The van der Waals surface area contributed by atoms with Crippen LogP contribution in [0.1, 0.15) is 12.5 Å². The first-order valence-electron chi connectivity index (χ1n) is 8.49. The molecule has 3 aromatic rings. The van der Waals surface area contributed by atoms with Crippen molar-refractivity contribution in [1.82, 2.24) is 15.5 Å². The number of anilines is 1. The normalized spacial score (nSPS) is 16.8. The van der Waals surface area contributed by atoms with Gasteiger partial charge in [-0.25, -0.2) is 5.01 Å². The van der Waals surface area contributed by atoms with Gasteiger partial charge in [0.2, 0.25) is 0 Å². The number of likely N-dealkylation sites (N-methyl/N-ethyl adjacent to an activating group) is 1. The first-order valence-corrected chi connectivity index (χ1v) is 8.87. The van der Waals surface area contributed by atoms with E-state index in [1.54, 1.807) is 5.01 Å². The molecule has 0 amide bonds. The minimum atomic E-state index is 0.0832. The Kier molecular flexibility index (Phi) is 4.69. The Hall–Kier alpha value is -2.70. The van der Waals surface area contributed by atoms with E-state index in [1.165, 1.54) is 0 Å². The predicted molar refractivity (Wildman–Crippen MR) is 103 cm³/mol. The molecule has 0 aliphatic carbocycles. The molecule has 4 rings (SSSR count). The largest absolute Gasteiger partial charge is 0.332 e. The maximum atomic E-state index is 6.00. The zero-order chi connectivity index (χ0) is 17.9. The fourth-order valence-corrected chi connectivity index (χ4v) is 3.06. The molecule has 0 saturated carbocycles. The van der Waals surface area contributed by atoms with E-state index in [2.05, 4.69) is 22.4 Å². The van der Waals surface area contributed by atoms with Crippen molar-refractivity contribution >= 4 is 23.3 Å². The molecule has 1 aliphatic heterocycles. The van der Waals surface area contributed by atoms with Gasteiger partial charge < -0.3 is 9.84 Å². The topological polar surface area (TPSA) is 66.5 Å². The van der Waals surface area contributed by atoms with E-state index in [1.807, 2.05) is 54.6 Å². The molecule has 6 nitrogen and oxygen atoms in total. The summed E-state index contributed by atoms with van der Waals surface area (Å²) in [6.45, 7) is 3.55. The van der Waals surface area contributed by atoms with E-state index in [0.717, 1.165) is 23.4 Å². The molecule has 132 valence electrons. The van der Waals surface area contributed by atoms with Crippen LogP contribution in [0.3, 0.4) is 0 Å². The lowest BCUT2D eigenvalue weighted by Crippen LogP contribution is -2.39. The molecule has 2 heterocycles. The van der Waals surface area contributed by atoms with Crippen LogP contribution in [0.25, 0.3) is 11.5 Å². The van der Waals surface area contributed by atoms with Gasteiger partial charge in [0.1, 0.15) is 0 Å². The van der Waals surface area contributed by atoms with Crippen LogP contribution in [0.5, 0.6) is 0 Å². The van der Waals surface area contributed by atoms with Gasteiger partial charge in [-0.1, -0.05) is 48.9 Å². The third-order valence-corrected chi connectivity index (χ3v) is 4.42. The smallest absolute Gasteiger partial charge is 0.286 e. The third kappa shape index (κ3) is 3.34. The molecule has 1 N–H and O–H groups in total. The van der Waals surface area contributed by atoms with Gasteiger partial charge in [-0.05, 0) is 41.5 Å². The molecular weight excluding hydrogens is 350 g/mol. The minimum Gasteiger partial charge on any atom is -0.332 e. The van der Waals surface area contributed by atoms with Crippen molar-refractivity contribution in [2.24, 2.45) is 5.10 Å². The second-order valence-corrected chi connectivity index (χ2v) is 6.39. The predicted octanol–water partition coefficient (Wildman–Crippen LogP) is 3.59. The standard InChI is InChI=1S/C19H18ClN5O/c1-2-21-16-12-25(23-17(16)13-8-10-15(20)11-9-13)19-22-18(26-24-19)14-6-4-3-5-7-14/h3-11,16,21H,2,12H2,1H3. The number of halogens is 1. The highest BCUT2D eigenvalue weighted by molar-refractivity contribution is 6.30. The molecule has 2 aromatic carbocycles. The molecule has 0 fully saturated rings. The number of aromatic nitrogens is 2. The van der Waals surface area contributed by atoms with Crippen molar-refractivity contribution in [2.75, 3.05) is 18.1 Å². The molecule has 26 heavy (non-hydrogen) atoms. The average Bonchev–Trinajstić information content (AvgIpc) is 3.31. The molecule has 0 saturated heterocycles. The van der Waals surface area contributed by atoms with Gasteiger partial charge in [-0.2, -0.15) is 10.1 Å². The molecule has 1 aromatic heterocycles. The first-order chi connectivity index (χ1) is 12.7. The molecule has 1 atom stereocenters. The van der Waals surface area contributed by atoms with Crippen molar-refractivity contribution in [1.29, 1.82) is 0 Å². The quantitative estimate of drug-likeness (QED) is 0.746. The van der Waals surface area contributed by atoms with Gasteiger partial charge in [-0.3, -0.25) is 0 Å². The van der Waals surface area contributed by atoms with Crippen LogP contribution in [0.15, 0.2) is 64.2 Å². The minimum absolute atomic E-state index is 0.0832. The van der Waals surface area contributed by atoms with Crippen LogP contribution in [0.2, 0.25) is 5.02 Å². The Morgan fingerprint density at radius 1 is 1.12 bits per heavy atom. The van der Waals surface area contributed by atoms with Crippen molar-refractivity contribution < 1.29 is 4.52 Å². The molecule has 0 spiro atoms. The molecule has 1 aliphatic rings. The monoisotopic (exact) mass is 367 g/mol. The summed E-state index contributed by atoms with van der Waals surface area (Å²) < 4.78 is 5.41. The summed E-state index contributed by atoms with van der Waals surface area (Å²) >= 11 is 6.00. The van der Waals surface area contributed by atoms with Crippen LogP contribution in [0.4, 0.5) is 5.95 Å². The van der Waals surface area contributed by atoms with Gasteiger partial charge in [0, 0.05) is 10.6 Å². The molecule has 0 radical (unpaired) electrons. The number of rotatable bonds is 5. The van der Waals surface area contributed by atoms with Crippen LogP contribution < -0.4 is 10.3 Å². The Balaban J connectivity index is 1.63. The van der Waals surface area contributed by atoms with Gasteiger partial charge in [0.25, 0.3) is 11.8 Å². The van der Waals surface area contributed by atoms with Crippen molar-refractivity contribution in [3.05, 3.63) is 65.2 Å². The first kappa shape index (κ1) is 16.8. The number of benzene rings is 2. The molecule has 0 bridgehead atoms. The van der Waals surface area contributed by atoms with Crippen molar-refractivity contribution in [2.45, 2.75) is 13.0 Å². The summed E-state index contributed by atoms with van der Waals surface area (Å²) in [5.41, 5.74) is 2.85. The Morgan fingerprint density at radius 2 is 1.88 bits per heavy atom. The van der Waals surface area contributed by atoms with Gasteiger partial charge in [0.05, 0.1) is 18.3 Å². The van der Waals surface area contributed by atoms with Gasteiger partial charge >= 0.3 is 0 Å². The van der Waals surface area contributed by atoms with E-state index in [4.69, 9.17) is 21.2 Å². The van der Waals surface area contributed by atoms with Crippen LogP contribution >= 0.6 is 11.6 Å². The van der Waals surface area contributed by atoms with Gasteiger partial charge in [0.15, 0.2) is 0 Å². The maximum absolute atomic E-state index is 6.00. The second kappa shape index (κ2) is 7.27. The average molecular weight is 368 g/mol. The summed E-state index contributed by atoms with van der Waals surface area (Å²) in [4.78, 5) is 4.49. The van der Waals surface area contributed by atoms with Gasteiger partial charge in [-0.15, -0.1) is 0 Å². The lowest BCUT2D eigenvalue weighted by molar-refractivity contribution is 0.429. The van der Waals surface area contributed by atoms with Crippen LogP contribution in [-0.4, -0.2) is 35.0 Å². The van der Waals surface area contributed by atoms with E-state index >= 15 is 0 Å². The van der Waals surface area contributed by atoms with Crippen molar-refractivity contribution in [3.63, 3.8) is 0 Å². The maximum Gasteiger partial charge on any atom is 0.286 e. The van der Waals surface area contributed by atoms with E-state index < -0.39 is 0 Å². The summed E-state index contributed by atoms with van der Waals surface area (Å²) in [6.07, 6.45) is 0. The van der Waals surface area contributed by atoms with E-state index in [0.29, 0.717) is 23.4 Å². The number of hydrogen-bond acceptors (Lipinski definition) is 6. The molecule has 7 heteroatoms. The zero-order valence-electron chi connectivity index (χ0n) is 14.3. The molecular formula is C19H18ClN5O. The fourth-order valence-electron chi connectivity index (χ4n) is 2.93. The molecule has 1 unspecified atom stereocenters. The number of nitrogens with one attached hydrogen (secondary N) is 1. The summed E-state index contributed by atoms with van der Waals surface area (Å²) in [5.74, 6) is 0.937.